The van der Waals surface area contributed by atoms with E-state index in [1.807, 2.05) is 13.0 Å². The van der Waals surface area contributed by atoms with Crippen molar-refractivity contribution >= 4 is 0 Å². The van der Waals surface area contributed by atoms with Crippen LogP contribution in [-0.4, -0.2) is 0 Å². The van der Waals surface area contributed by atoms with Crippen LogP contribution in [0.3, 0.4) is 0 Å². The maximum Gasteiger partial charge on any atom is 0.00488 e. The first-order valence-electron chi connectivity index (χ1n) is 3.26. The van der Waals surface area contributed by atoms with E-state index in [9.17, 15) is 0 Å². The van der Waals surface area contributed by atoms with Crippen LogP contribution in [0.5, 0.6) is 0 Å². The summed E-state index contributed by atoms with van der Waals surface area (Å²) in [6, 6.07) is 0. The Balaban J connectivity index is 3.83. The summed E-state index contributed by atoms with van der Waals surface area (Å²) in [6.07, 6.45) is 5.08. The van der Waals surface area contributed by atoms with Gasteiger partial charge >= 0.3 is 0 Å². The van der Waals surface area contributed by atoms with E-state index in [4.69, 9.17) is 5.73 Å². The summed E-state index contributed by atoms with van der Waals surface area (Å²) in [5.41, 5.74) is 7.64. The summed E-state index contributed by atoms with van der Waals surface area (Å²) < 4.78 is 0. The molecule has 0 aliphatic heterocycles. The lowest BCUT2D eigenvalue weighted by molar-refractivity contribution is 1.10. The summed E-state index contributed by atoms with van der Waals surface area (Å²) >= 11 is 0. The van der Waals surface area contributed by atoms with Crippen LogP contribution >= 0.6 is 0 Å². The molecule has 9 heavy (non-hydrogen) atoms. The molecule has 0 amide bonds. The van der Waals surface area contributed by atoms with E-state index < -0.39 is 0 Å². The predicted molar refractivity (Wildman–Crippen MR) is 42.0 cm³/mol. The van der Waals surface area contributed by atoms with E-state index in [2.05, 4.69) is 19.9 Å². The lowest BCUT2D eigenvalue weighted by atomic mass is 10.2. The van der Waals surface area contributed by atoms with Gasteiger partial charge in [0.1, 0.15) is 0 Å². The third-order valence-electron chi connectivity index (χ3n) is 1.19. The second-order valence-corrected chi connectivity index (χ2v) is 2.28. The molecule has 52 valence electrons. The van der Waals surface area contributed by atoms with Crippen molar-refractivity contribution in [3.8, 4) is 0 Å². The summed E-state index contributed by atoms with van der Waals surface area (Å²) in [6.45, 7) is 6.12. The number of hydrogen-bond acceptors (Lipinski definition) is 1. The molecule has 0 rings (SSSR count). The highest BCUT2D eigenvalue weighted by atomic mass is 14.5. The first-order valence-corrected chi connectivity index (χ1v) is 3.26. The second kappa shape index (κ2) is 4.19. The fraction of sp³-hybridized carbons (Fsp3) is 0.500. The van der Waals surface area contributed by atoms with Gasteiger partial charge in [0, 0.05) is 5.70 Å². The first-order chi connectivity index (χ1) is 4.16. The third-order valence-corrected chi connectivity index (χ3v) is 1.19. The van der Waals surface area contributed by atoms with Crippen molar-refractivity contribution in [2.45, 2.75) is 27.2 Å². The van der Waals surface area contributed by atoms with Gasteiger partial charge in [0.2, 0.25) is 0 Å². The molecule has 0 saturated carbocycles. The number of hydrogen-bond donors (Lipinski definition) is 1. The Bertz CT molecular complexity index is 128. The molecule has 1 heteroatoms. The summed E-state index contributed by atoms with van der Waals surface area (Å²) in [5.74, 6) is 0. The molecule has 0 aliphatic rings. The van der Waals surface area contributed by atoms with Gasteiger partial charge in [-0.15, -0.1) is 0 Å². The van der Waals surface area contributed by atoms with E-state index >= 15 is 0 Å². The molecule has 0 spiro atoms. The molecular weight excluding hydrogens is 110 g/mol. The van der Waals surface area contributed by atoms with Gasteiger partial charge in [0.25, 0.3) is 0 Å². The molecule has 0 radical (unpaired) electrons. The van der Waals surface area contributed by atoms with E-state index in [-0.39, 0.29) is 0 Å². The zero-order valence-corrected chi connectivity index (χ0v) is 6.44. The van der Waals surface area contributed by atoms with Crippen LogP contribution in [0.4, 0.5) is 0 Å². The minimum atomic E-state index is 0.864. The molecule has 0 aromatic carbocycles. The molecule has 1 nitrogen and oxygen atoms in total. The van der Waals surface area contributed by atoms with Crippen LogP contribution in [0, 0.1) is 0 Å². The van der Waals surface area contributed by atoms with E-state index in [1.54, 1.807) is 0 Å². The average Bonchev–Trinajstić information content (AvgIpc) is 1.83. The van der Waals surface area contributed by atoms with Crippen molar-refractivity contribution in [3.05, 3.63) is 23.4 Å². The minimum absolute atomic E-state index is 0.864. The molecule has 0 atom stereocenters. The highest BCUT2D eigenvalue weighted by molar-refractivity contribution is 5.12. The summed E-state index contributed by atoms with van der Waals surface area (Å²) in [4.78, 5) is 0. The molecule has 0 fully saturated rings. The molecule has 0 aliphatic carbocycles. The Morgan fingerprint density at radius 2 is 1.89 bits per heavy atom. The molecule has 0 heterocycles. The number of rotatable bonds is 2. The second-order valence-electron chi connectivity index (χ2n) is 2.28. The third kappa shape index (κ3) is 5.15. The molecule has 0 saturated heterocycles. The van der Waals surface area contributed by atoms with Crippen LogP contribution in [0.1, 0.15) is 27.2 Å². The Labute approximate surface area is 57.3 Å². The Morgan fingerprint density at radius 1 is 1.33 bits per heavy atom. The molecule has 0 aromatic rings. The quantitative estimate of drug-likeness (QED) is 0.562. The molecule has 0 aromatic heterocycles. The van der Waals surface area contributed by atoms with Crippen LogP contribution in [0.25, 0.3) is 0 Å². The maximum absolute atomic E-state index is 5.41. The minimum Gasteiger partial charge on any atom is -0.402 e. The molecule has 0 unspecified atom stereocenters. The normalized spacial score (nSPS) is 14.1. The van der Waals surface area contributed by atoms with Crippen LogP contribution in [-0.2, 0) is 0 Å². The first kappa shape index (κ1) is 8.28. The van der Waals surface area contributed by atoms with Crippen molar-refractivity contribution in [3.63, 3.8) is 0 Å². The largest absolute Gasteiger partial charge is 0.402 e. The topological polar surface area (TPSA) is 26.0 Å². The Morgan fingerprint density at radius 3 is 2.22 bits per heavy atom. The maximum atomic E-state index is 5.41. The standard InChI is InChI=1S/C8H15N/c1-4-7(2)5-6-8(3)9/h5-6H,4,9H2,1-3H3/b7-5+,8-6+. The van der Waals surface area contributed by atoms with Crippen LogP contribution < -0.4 is 5.73 Å². The van der Waals surface area contributed by atoms with Crippen LogP contribution in [0.2, 0.25) is 0 Å². The fourth-order valence-electron chi connectivity index (χ4n) is 0.392. The average molecular weight is 125 g/mol. The van der Waals surface area contributed by atoms with Gasteiger partial charge < -0.3 is 5.73 Å². The van der Waals surface area contributed by atoms with E-state index in [1.165, 1.54) is 5.57 Å². The SMILES string of the molecule is CC/C(C)=C/C=C(\C)N. The van der Waals surface area contributed by atoms with Gasteiger partial charge in [-0.1, -0.05) is 18.6 Å². The van der Waals surface area contributed by atoms with Crippen LogP contribution in [0.15, 0.2) is 23.4 Å². The smallest absolute Gasteiger partial charge is 0.00488 e. The lowest BCUT2D eigenvalue weighted by Gasteiger charge is -1.90. The zero-order chi connectivity index (χ0) is 7.28. The molecule has 2 N–H and O–H groups in total. The Kier molecular flexibility index (Phi) is 3.85. The fourth-order valence-corrected chi connectivity index (χ4v) is 0.392. The predicted octanol–water partition coefficient (Wildman–Crippen LogP) is 2.21. The van der Waals surface area contributed by atoms with Crippen molar-refractivity contribution in [2.75, 3.05) is 0 Å². The zero-order valence-electron chi connectivity index (χ0n) is 6.44. The monoisotopic (exact) mass is 125 g/mol. The van der Waals surface area contributed by atoms with Gasteiger partial charge in [0.15, 0.2) is 0 Å². The van der Waals surface area contributed by atoms with E-state index in [0.717, 1.165) is 12.1 Å². The van der Waals surface area contributed by atoms with Crippen molar-refractivity contribution in [2.24, 2.45) is 5.73 Å². The van der Waals surface area contributed by atoms with Gasteiger partial charge in [-0.3, -0.25) is 0 Å². The van der Waals surface area contributed by atoms with E-state index in [0.29, 0.717) is 0 Å². The summed E-state index contributed by atoms with van der Waals surface area (Å²) in [5, 5.41) is 0. The van der Waals surface area contributed by atoms with Crippen molar-refractivity contribution in [1.29, 1.82) is 0 Å². The number of nitrogens with two attached hydrogens (primary N) is 1. The van der Waals surface area contributed by atoms with Gasteiger partial charge in [-0.25, -0.2) is 0 Å². The van der Waals surface area contributed by atoms with Gasteiger partial charge in [-0.05, 0) is 26.3 Å². The molecular formula is C8H15N. The molecule has 0 bridgehead atoms. The highest BCUT2D eigenvalue weighted by Crippen LogP contribution is 1.97. The summed E-state index contributed by atoms with van der Waals surface area (Å²) in [7, 11) is 0. The Hall–Kier alpha value is -0.720. The van der Waals surface area contributed by atoms with Gasteiger partial charge in [0.05, 0.1) is 0 Å². The van der Waals surface area contributed by atoms with Crippen molar-refractivity contribution in [1.82, 2.24) is 0 Å². The highest BCUT2D eigenvalue weighted by Gasteiger charge is 1.78. The van der Waals surface area contributed by atoms with Crippen molar-refractivity contribution < 1.29 is 0 Å². The van der Waals surface area contributed by atoms with Gasteiger partial charge in [-0.2, -0.15) is 0 Å². The lowest BCUT2D eigenvalue weighted by Crippen LogP contribution is -1.88. The number of allylic oxidation sites excluding steroid dienone is 4.